The molecule has 0 radical (unpaired) electrons. The summed E-state index contributed by atoms with van der Waals surface area (Å²) in [7, 11) is 0. The van der Waals surface area contributed by atoms with Crippen LogP contribution in [0.1, 0.15) is 21.5 Å². The van der Waals surface area contributed by atoms with Crippen LogP contribution < -0.4 is 16.4 Å². The van der Waals surface area contributed by atoms with Crippen molar-refractivity contribution in [3.8, 4) is 5.75 Å². The fourth-order valence-electron chi connectivity index (χ4n) is 2.34. The van der Waals surface area contributed by atoms with E-state index in [-0.39, 0.29) is 23.2 Å². The molecule has 1 amide bonds. The van der Waals surface area contributed by atoms with Crippen LogP contribution in [-0.2, 0) is 0 Å². The largest absolute Gasteiger partial charge is 0.507 e. The van der Waals surface area contributed by atoms with Gasteiger partial charge < -0.3 is 21.5 Å². The van der Waals surface area contributed by atoms with Crippen molar-refractivity contribution in [2.75, 3.05) is 18.4 Å². The molecule has 6 nitrogen and oxygen atoms in total. The lowest BCUT2D eigenvalue weighted by Crippen LogP contribution is -2.28. The molecular formula is C18H22N4O2. The van der Waals surface area contributed by atoms with E-state index in [0.717, 1.165) is 16.8 Å². The van der Waals surface area contributed by atoms with Crippen LogP contribution in [-0.4, -0.2) is 30.1 Å². The summed E-state index contributed by atoms with van der Waals surface area (Å²) in [5.41, 5.74) is 9.24. The molecular weight excluding hydrogens is 304 g/mol. The summed E-state index contributed by atoms with van der Waals surface area (Å²) in [5.74, 6) is -0.101. The van der Waals surface area contributed by atoms with Crippen LogP contribution in [0.3, 0.4) is 0 Å². The number of phenolic OH excluding ortho intramolecular Hbond substituents is 1. The maximum atomic E-state index is 11.9. The molecule has 0 fully saturated rings. The zero-order chi connectivity index (χ0) is 17.5. The number of anilines is 1. The number of aliphatic imine (C=N–C) groups is 1. The van der Waals surface area contributed by atoms with E-state index >= 15 is 0 Å². The number of carbonyl (C=O) groups is 1. The lowest BCUT2D eigenvalue weighted by atomic mass is 10.1. The highest BCUT2D eigenvalue weighted by Gasteiger charge is 2.08. The molecule has 0 bridgehead atoms. The second-order valence-electron chi connectivity index (χ2n) is 5.54. The van der Waals surface area contributed by atoms with Crippen molar-refractivity contribution >= 4 is 17.6 Å². The van der Waals surface area contributed by atoms with Crippen LogP contribution in [0.25, 0.3) is 0 Å². The molecule has 0 unspecified atom stereocenters. The quantitative estimate of drug-likeness (QED) is 0.384. The van der Waals surface area contributed by atoms with Gasteiger partial charge in [0.05, 0.1) is 12.1 Å². The molecule has 0 aliphatic heterocycles. The van der Waals surface area contributed by atoms with Crippen LogP contribution >= 0.6 is 0 Å². The Bertz CT molecular complexity index is 736. The smallest absolute Gasteiger partial charge is 0.255 e. The number of rotatable bonds is 5. The van der Waals surface area contributed by atoms with Gasteiger partial charge in [0, 0.05) is 12.2 Å². The molecule has 0 heterocycles. The second-order valence-corrected chi connectivity index (χ2v) is 5.54. The Kier molecular flexibility index (Phi) is 5.78. The first-order chi connectivity index (χ1) is 11.5. The van der Waals surface area contributed by atoms with Crippen LogP contribution in [0.4, 0.5) is 5.69 Å². The first kappa shape index (κ1) is 17.3. The molecule has 0 saturated heterocycles. The summed E-state index contributed by atoms with van der Waals surface area (Å²) in [6.45, 7) is 4.69. The first-order valence-electron chi connectivity index (χ1n) is 7.67. The van der Waals surface area contributed by atoms with Gasteiger partial charge in [-0.25, -0.2) is 0 Å². The lowest BCUT2D eigenvalue weighted by Gasteiger charge is -2.08. The molecule has 0 aliphatic rings. The van der Waals surface area contributed by atoms with E-state index in [1.807, 2.05) is 26.0 Å². The number of phenols is 1. The highest BCUT2D eigenvalue weighted by atomic mass is 16.3. The van der Waals surface area contributed by atoms with Gasteiger partial charge in [-0.3, -0.25) is 9.79 Å². The van der Waals surface area contributed by atoms with Crippen LogP contribution in [0.5, 0.6) is 5.75 Å². The first-order valence-corrected chi connectivity index (χ1v) is 7.67. The van der Waals surface area contributed by atoms with Gasteiger partial charge in [0.25, 0.3) is 5.91 Å². The van der Waals surface area contributed by atoms with Gasteiger partial charge in [-0.2, -0.15) is 0 Å². The van der Waals surface area contributed by atoms with Gasteiger partial charge in [0.15, 0.2) is 5.96 Å². The minimum atomic E-state index is -0.343. The zero-order valence-corrected chi connectivity index (χ0v) is 13.8. The number of aryl methyl sites for hydroxylation is 2. The minimum Gasteiger partial charge on any atom is -0.507 e. The molecule has 126 valence electrons. The maximum Gasteiger partial charge on any atom is 0.255 e. The summed E-state index contributed by atoms with van der Waals surface area (Å²) in [4.78, 5) is 16.1. The molecule has 0 saturated carbocycles. The lowest BCUT2D eigenvalue weighted by molar-refractivity contribution is 0.0952. The Morgan fingerprint density at radius 2 is 1.83 bits per heavy atom. The fourth-order valence-corrected chi connectivity index (χ4v) is 2.34. The molecule has 2 rings (SSSR count). The molecule has 0 aromatic heterocycles. The van der Waals surface area contributed by atoms with Gasteiger partial charge in [0.2, 0.25) is 0 Å². The van der Waals surface area contributed by atoms with Crippen molar-refractivity contribution in [1.82, 2.24) is 5.32 Å². The van der Waals surface area contributed by atoms with E-state index in [4.69, 9.17) is 5.73 Å². The van der Waals surface area contributed by atoms with E-state index in [9.17, 15) is 9.90 Å². The van der Waals surface area contributed by atoms with Gasteiger partial charge >= 0.3 is 0 Å². The fraction of sp³-hybridized carbons (Fsp3) is 0.222. The Hall–Kier alpha value is -3.02. The van der Waals surface area contributed by atoms with Gasteiger partial charge in [-0.15, -0.1) is 0 Å². The Morgan fingerprint density at radius 3 is 2.50 bits per heavy atom. The average Bonchev–Trinajstić information content (AvgIpc) is 2.50. The van der Waals surface area contributed by atoms with Crippen LogP contribution in [0.2, 0.25) is 0 Å². The van der Waals surface area contributed by atoms with E-state index in [2.05, 4.69) is 21.7 Å². The number of para-hydroxylation sites is 1. The van der Waals surface area contributed by atoms with Gasteiger partial charge in [-0.05, 0) is 49.2 Å². The van der Waals surface area contributed by atoms with E-state index in [1.54, 1.807) is 18.2 Å². The Balaban J connectivity index is 1.83. The van der Waals surface area contributed by atoms with Crippen molar-refractivity contribution in [3.63, 3.8) is 0 Å². The van der Waals surface area contributed by atoms with Crippen molar-refractivity contribution in [3.05, 3.63) is 59.2 Å². The Morgan fingerprint density at radius 1 is 1.17 bits per heavy atom. The number of nitrogens with two attached hydrogens (primary N) is 1. The van der Waals surface area contributed by atoms with Crippen molar-refractivity contribution in [1.29, 1.82) is 0 Å². The molecule has 5 N–H and O–H groups in total. The number of benzene rings is 2. The van der Waals surface area contributed by atoms with E-state index in [0.29, 0.717) is 13.1 Å². The topological polar surface area (TPSA) is 99.7 Å². The predicted octanol–water partition coefficient (Wildman–Crippen LogP) is 2.17. The molecule has 24 heavy (non-hydrogen) atoms. The summed E-state index contributed by atoms with van der Waals surface area (Å²) in [6, 6.07) is 12.4. The monoisotopic (exact) mass is 326 g/mol. The molecule has 6 heteroatoms. The maximum absolute atomic E-state index is 11.9. The normalized spacial score (nSPS) is 11.2. The van der Waals surface area contributed by atoms with Gasteiger partial charge in [0.1, 0.15) is 5.75 Å². The Labute approximate surface area is 141 Å². The van der Waals surface area contributed by atoms with E-state index < -0.39 is 0 Å². The van der Waals surface area contributed by atoms with E-state index in [1.165, 1.54) is 6.07 Å². The number of nitrogens with one attached hydrogen (secondary N) is 2. The number of nitrogens with zero attached hydrogens (tertiary/aromatic N) is 1. The number of hydrogen-bond acceptors (Lipinski definition) is 3. The van der Waals surface area contributed by atoms with Crippen molar-refractivity contribution in [2.45, 2.75) is 13.8 Å². The van der Waals surface area contributed by atoms with Gasteiger partial charge in [-0.1, -0.05) is 18.2 Å². The molecule has 2 aromatic rings. The third-order valence-electron chi connectivity index (χ3n) is 3.32. The summed E-state index contributed by atoms with van der Waals surface area (Å²) < 4.78 is 0. The highest BCUT2D eigenvalue weighted by molar-refractivity contribution is 5.96. The summed E-state index contributed by atoms with van der Waals surface area (Å²) in [5, 5.41) is 15.3. The molecule has 0 aliphatic carbocycles. The zero-order valence-electron chi connectivity index (χ0n) is 13.8. The number of hydrogen-bond donors (Lipinski definition) is 4. The summed E-state index contributed by atoms with van der Waals surface area (Å²) in [6.07, 6.45) is 0. The highest BCUT2D eigenvalue weighted by Crippen LogP contribution is 2.15. The summed E-state index contributed by atoms with van der Waals surface area (Å²) >= 11 is 0. The predicted molar refractivity (Wildman–Crippen MR) is 96.5 cm³/mol. The van der Waals surface area contributed by atoms with Crippen LogP contribution in [0.15, 0.2) is 47.5 Å². The average molecular weight is 326 g/mol. The standard InChI is InChI=1S/C18H22N4O2/c1-12-9-13(2)11-14(10-12)22-18(19)21-8-7-20-17(24)15-5-3-4-6-16(15)23/h3-6,9-11,23H,7-8H2,1-2H3,(H,20,24)(H3,19,21,22). The number of amides is 1. The van der Waals surface area contributed by atoms with Crippen molar-refractivity contribution < 1.29 is 9.90 Å². The number of carbonyl (C=O) groups excluding carboxylic acids is 1. The molecule has 2 aromatic carbocycles. The molecule has 0 spiro atoms. The third kappa shape index (κ3) is 5.01. The SMILES string of the molecule is Cc1cc(C)cc(NC(N)=NCCNC(=O)c2ccccc2O)c1. The second kappa shape index (κ2) is 8.01. The minimum absolute atomic E-state index is 0.0468. The number of aromatic hydroxyl groups is 1. The number of guanidine groups is 1. The van der Waals surface area contributed by atoms with Crippen molar-refractivity contribution in [2.24, 2.45) is 10.7 Å². The molecule has 0 atom stereocenters. The third-order valence-corrected chi connectivity index (χ3v) is 3.32. The van der Waals surface area contributed by atoms with Crippen LogP contribution in [0, 0.1) is 13.8 Å².